The van der Waals surface area contributed by atoms with Gasteiger partial charge in [0.1, 0.15) is 0 Å². The number of benzene rings is 2. The summed E-state index contributed by atoms with van der Waals surface area (Å²) in [5.41, 5.74) is 1.77. The number of nitro groups is 1. The average molecular weight is 320 g/mol. The van der Waals surface area contributed by atoms with Crippen molar-refractivity contribution in [1.82, 2.24) is 0 Å². The molecule has 2 rings (SSSR count). The average Bonchev–Trinajstić information content (AvgIpc) is 2.47. The van der Waals surface area contributed by atoms with E-state index in [0.29, 0.717) is 10.0 Å². The van der Waals surface area contributed by atoms with Crippen molar-refractivity contribution in [3.05, 3.63) is 85.9 Å². The maximum Gasteiger partial charge on any atom is 0.270 e. The molecule has 2 aromatic rings. The fourth-order valence-electron chi connectivity index (χ4n) is 1.69. The lowest BCUT2D eigenvalue weighted by molar-refractivity contribution is -0.384. The molecule has 0 saturated heterocycles. The Balaban J connectivity index is 2.08. The van der Waals surface area contributed by atoms with Gasteiger partial charge in [-0.15, -0.1) is 0 Å². The van der Waals surface area contributed by atoms with E-state index in [4.69, 9.17) is 23.2 Å². The summed E-state index contributed by atoms with van der Waals surface area (Å²) in [6.45, 7) is 0. The Morgan fingerprint density at radius 2 is 1.57 bits per heavy atom. The molecule has 0 N–H and O–H groups in total. The van der Waals surface area contributed by atoms with E-state index in [1.54, 1.807) is 30.3 Å². The molecule has 0 aliphatic rings. The van der Waals surface area contributed by atoms with Crippen LogP contribution in [0.15, 0.2) is 54.6 Å². The molecule has 0 atom stereocenters. The SMILES string of the molecule is O=[N+]([O-])c1cccc(/C=C\C=C\c2ccc(Cl)c(Cl)c2)c1. The summed E-state index contributed by atoms with van der Waals surface area (Å²) in [7, 11) is 0. The Bertz CT molecular complexity index is 724. The van der Waals surface area contributed by atoms with Gasteiger partial charge in [-0.05, 0) is 23.3 Å². The highest BCUT2D eigenvalue weighted by Crippen LogP contribution is 2.23. The van der Waals surface area contributed by atoms with E-state index in [-0.39, 0.29) is 5.69 Å². The molecule has 0 spiro atoms. The van der Waals surface area contributed by atoms with Crippen molar-refractivity contribution < 1.29 is 4.92 Å². The van der Waals surface area contributed by atoms with Crippen molar-refractivity contribution >= 4 is 41.0 Å². The van der Waals surface area contributed by atoms with Crippen LogP contribution < -0.4 is 0 Å². The van der Waals surface area contributed by atoms with Gasteiger partial charge >= 0.3 is 0 Å². The second kappa shape index (κ2) is 7.07. The molecular weight excluding hydrogens is 309 g/mol. The quantitative estimate of drug-likeness (QED) is 0.416. The van der Waals surface area contributed by atoms with Crippen LogP contribution in [-0.2, 0) is 0 Å². The first-order valence-corrected chi connectivity index (χ1v) is 6.86. The molecule has 0 aliphatic heterocycles. The van der Waals surface area contributed by atoms with Gasteiger partial charge in [-0.3, -0.25) is 10.1 Å². The predicted molar refractivity (Wildman–Crippen MR) is 87.6 cm³/mol. The lowest BCUT2D eigenvalue weighted by Gasteiger charge is -1.96. The minimum Gasteiger partial charge on any atom is -0.258 e. The number of rotatable bonds is 4. The van der Waals surface area contributed by atoms with E-state index in [1.165, 1.54) is 12.1 Å². The van der Waals surface area contributed by atoms with Crippen molar-refractivity contribution in [2.45, 2.75) is 0 Å². The first-order chi connectivity index (χ1) is 10.1. The number of allylic oxidation sites excluding steroid dienone is 2. The summed E-state index contributed by atoms with van der Waals surface area (Å²) in [6, 6.07) is 11.8. The van der Waals surface area contributed by atoms with E-state index >= 15 is 0 Å². The molecule has 5 heteroatoms. The van der Waals surface area contributed by atoms with Gasteiger partial charge in [0.15, 0.2) is 0 Å². The highest BCUT2D eigenvalue weighted by molar-refractivity contribution is 6.42. The van der Waals surface area contributed by atoms with Gasteiger partial charge in [-0.1, -0.05) is 65.7 Å². The monoisotopic (exact) mass is 319 g/mol. The second-order valence-corrected chi connectivity index (χ2v) is 5.06. The highest BCUT2D eigenvalue weighted by atomic mass is 35.5. The van der Waals surface area contributed by atoms with E-state index in [1.807, 2.05) is 24.3 Å². The van der Waals surface area contributed by atoms with Crippen molar-refractivity contribution in [2.24, 2.45) is 0 Å². The summed E-state index contributed by atoms with van der Waals surface area (Å²) >= 11 is 11.8. The van der Waals surface area contributed by atoms with Crippen molar-refractivity contribution in [3.8, 4) is 0 Å². The number of hydrogen-bond acceptors (Lipinski definition) is 2. The Morgan fingerprint density at radius 1 is 0.905 bits per heavy atom. The first-order valence-electron chi connectivity index (χ1n) is 6.10. The van der Waals surface area contributed by atoms with Crippen LogP contribution in [0, 0.1) is 10.1 Å². The molecule has 0 unspecified atom stereocenters. The standard InChI is InChI=1S/C16H11Cl2NO2/c17-15-9-8-13(11-16(15)18)5-2-1-4-12-6-3-7-14(10-12)19(20)21/h1-11H/b4-1-,5-2+. The summed E-state index contributed by atoms with van der Waals surface area (Å²) in [4.78, 5) is 10.3. The molecule has 0 amide bonds. The summed E-state index contributed by atoms with van der Waals surface area (Å²) in [5.74, 6) is 0. The lowest BCUT2D eigenvalue weighted by atomic mass is 10.1. The number of nitrogens with zero attached hydrogens (tertiary/aromatic N) is 1. The highest BCUT2D eigenvalue weighted by Gasteiger charge is 2.03. The third kappa shape index (κ3) is 4.45. The number of nitro benzene ring substituents is 1. The fourth-order valence-corrected chi connectivity index (χ4v) is 2.00. The zero-order valence-electron chi connectivity index (χ0n) is 10.9. The molecule has 2 aromatic carbocycles. The van der Waals surface area contributed by atoms with Gasteiger partial charge in [-0.25, -0.2) is 0 Å². The van der Waals surface area contributed by atoms with Crippen LogP contribution in [0.2, 0.25) is 10.0 Å². The van der Waals surface area contributed by atoms with Crippen LogP contribution in [0.3, 0.4) is 0 Å². The minimum absolute atomic E-state index is 0.0746. The minimum atomic E-state index is -0.414. The van der Waals surface area contributed by atoms with Crippen LogP contribution >= 0.6 is 23.2 Å². The zero-order valence-corrected chi connectivity index (χ0v) is 12.4. The van der Waals surface area contributed by atoms with Crippen LogP contribution in [-0.4, -0.2) is 4.92 Å². The lowest BCUT2D eigenvalue weighted by Crippen LogP contribution is -1.87. The van der Waals surface area contributed by atoms with Crippen molar-refractivity contribution in [1.29, 1.82) is 0 Å². The van der Waals surface area contributed by atoms with E-state index in [0.717, 1.165) is 11.1 Å². The number of hydrogen-bond donors (Lipinski definition) is 0. The van der Waals surface area contributed by atoms with Crippen LogP contribution in [0.4, 0.5) is 5.69 Å². The van der Waals surface area contributed by atoms with Gasteiger partial charge in [0.25, 0.3) is 5.69 Å². The number of halogens is 2. The van der Waals surface area contributed by atoms with Gasteiger partial charge in [0.05, 0.1) is 15.0 Å². The first kappa shape index (κ1) is 15.3. The third-order valence-corrected chi connectivity index (χ3v) is 3.45. The molecule has 106 valence electrons. The Kier molecular flexibility index (Phi) is 5.14. The normalized spacial score (nSPS) is 11.3. The van der Waals surface area contributed by atoms with Crippen LogP contribution in [0.1, 0.15) is 11.1 Å². The molecule has 0 aromatic heterocycles. The molecule has 0 aliphatic carbocycles. The number of non-ortho nitro benzene ring substituents is 1. The molecule has 0 heterocycles. The fraction of sp³-hybridized carbons (Fsp3) is 0. The topological polar surface area (TPSA) is 43.1 Å². The van der Waals surface area contributed by atoms with Gasteiger partial charge in [0, 0.05) is 12.1 Å². The van der Waals surface area contributed by atoms with E-state index in [2.05, 4.69) is 0 Å². The van der Waals surface area contributed by atoms with Crippen molar-refractivity contribution in [3.63, 3.8) is 0 Å². The Labute approximate surface area is 132 Å². The summed E-state index contributed by atoms with van der Waals surface area (Å²) < 4.78 is 0. The van der Waals surface area contributed by atoms with E-state index in [9.17, 15) is 10.1 Å². The molecule has 3 nitrogen and oxygen atoms in total. The van der Waals surface area contributed by atoms with E-state index < -0.39 is 4.92 Å². The Morgan fingerprint density at radius 3 is 2.19 bits per heavy atom. The predicted octanol–water partition coefficient (Wildman–Crippen LogP) is 5.63. The molecule has 0 saturated carbocycles. The maximum absolute atomic E-state index is 10.7. The van der Waals surface area contributed by atoms with Crippen molar-refractivity contribution in [2.75, 3.05) is 0 Å². The van der Waals surface area contributed by atoms with Gasteiger partial charge in [-0.2, -0.15) is 0 Å². The molecule has 0 bridgehead atoms. The molecule has 21 heavy (non-hydrogen) atoms. The van der Waals surface area contributed by atoms with Crippen LogP contribution in [0.5, 0.6) is 0 Å². The van der Waals surface area contributed by atoms with Gasteiger partial charge in [0.2, 0.25) is 0 Å². The van der Waals surface area contributed by atoms with Gasteiger partial charge < -0.3 is 0 Å². The third-order valence-electron chi connectivity index (χ3n) is 2.71. The zero-order chi connectivity index (χ0) is 15.2. The summed E-state index contributed by atoms with van der Waals surface area (Å²) in [6.07, 6.45) is 7.30. The van der Waals surface area contributed by atoms with Crippen LogP contribution in [0.25, 0.3) is 12.2 Å². The Hall–Kier alpha value is -2.10. The maximum atomic E-state index is 10.7. The second-order valence-electron chi connectivity index (χ2n) is 4.24. The smallest absolute Gasteiger partial charge is 0.258 e. The summed E-state index contributed by atoms with van der Waals surface area (Å²) in [5, 5.41) is 11.7. The molecule has 0 fully saturated rings. The largest absolute Gasteiger partial charge is 0.270 e. The molecular formula is C16H11Cl2NO2. The molecule has 0 radical (unpaired) electrons.